The van der Waals surface area contributed by atoms with E-state index in [4.69, 9.17) is 4.74 Å². The summed E-state index contributed by atoms with van der Waals surface area (Å²) in [6, 6.07) is 0. The molecule has 0 aliphatic heterocycles. The van der Waals surface area contributed by atoms with Gasteiger partial charge in [0.05, 0.1) is 5.71 Å². The SMILES string of the molecule is CN(CC1=CCC(=NNS(=O)(=O)[Si](C)(C)C(C)(C)C)C=C1)C(=O)OC(C)(C)C. The molecule has 1 amide bonds. The van der Waals surface area contributed by atoms with Crippen LogP contribution in [0.25, 0.3) is 0 Å². The van der Waals surface area contributed by atoms with Crippen molar-refractivity contribution in [3.8, 4) is 0 Å². The molecule has 0 bridgehead atoms. The minimum absolute atomic E-state index is 0.305. The Balaban J connectivity index is 2.72. The highest BCUT2D eigenvalue weighted by atomic mass is 32.4. The number of hydrogen-bond donors (Lipinski definition) is 1. The van der Waals surface area contributed by atoms with Gasteiger partial charge >= 0.3 is 6.09 Å². The molecule has 0 aromatic rings. The van der Waals surface area contributed by atoms with Crippen LogP contribution in [0, 0.1) is 0 Å². The molecule has 1 rings (SSSR count). The third-order valence-corrected chi connectivity index (χ3v) is 16.4. The fourth-order valence-electron chi connectivity index (χ4n) is 2.09. The van der Waals surface area contributed by atoms with Crippen LogP contribution in [-0.4, -0.2) is 51.5 Å². The molecule has 0 heterocycles. The van der Waals surface area contributed by atoms with Gasteiger partial charge in [-0.25, -0.2) is 18.0 Å². The summed E-state index contributed by atoms with van der Waals surface area (Å²) in [5.74, 6) is 0. The summed E-state index contributed by atoms with van der Waals surface area (Å²) in [6.07, 6.45) is 5.65. The zero-order valence-corrected chi connectivity index (χ0v) is 20.4. The average Bonchev–Trinajstić information content (AvgIpc) is 2.51. The van der Waals surface area contributed by atoms with Gasteiger partial charge in [0.25, 0.3) is 0 Å². The molecule has 9 heteroatoms. The molecular formula is C19H35N3O4SSi. The second-order valence-electron chi connectivity index (χ2n) is 9.61. The summed E-state index contributed by atoms with van der Waals surface area (Å²) in [4.78, 5) is 16.0. The van der Waals surface area contributed by atoms with Gasteiger partial charge < -0.3 is 9.64 Å². The van der Waals surface area contributed by atoms with E-state index in [-0.39, 0.29) is 11.1 Å². The minimum atomic E-state index is -3.50. The average molecular weight is 430 g/mol. The van der Waals surface area contributed by atoms with Crippen molar-refractivity contribution in [3.05, 3.63) is 23.8 Å². The Kier molecular flexibility index (Phi) is 7.33. The first-order valence-corrected chi connectivity index (χ1v) is 14.6. The first-order chi connectivity index (χ1) is 12.5. The van der Waals surface area contributed by atoms with Gasteiger partial charge in [-0.3, -0.25) is 0 Å². The lowest BCUT2D eigenvalue weighted by Crippen LogP contribution is -2.51. The van der Waals surface area contributed by atoms with Crippen molar-refractivity contribution in [1.82, 2.24) is 9.73 Å². The second kappa shape index (κ2) is 8.40. The maximum Gasteiger partial charge on any atom is 0.410 e. The zero-order valence-electron chi connectivity index (χ0n) is 18.6. The topological polar surface area (TPSA) is 88.1 Å². The number of likely N-dealkylation sites (N-methyl/N-ethyl adjacent to an activating group) is 1. The lowest BCUT2D eigenvalue weighted by Gasteiger charge is -2.34. The van der Waals surface area contributed by atoms with Crippen LogP contribution in [0.1, 0.15) is 48.0 Å². The van der Waals surface area contributed by atoms with E-state index in [1.54, 1.807) is 13.1 Å². The Morgan fingerprint density at radius 3 is 2.21 bits per heavy atom. The third-order valence-electron chi connectivity index (χ3n) is 4.98. The fraction of sp³-hybridized carbons (Fsp3) is 0.684. The molecule has 28 heavy (non-hydrogen) atoms. The van der Waals surface area contributed by atoms with E-state index in [0.29, 0.717) is 18.7 Å². The summed E-state index contributed by atoms with van der Waals surface area (Å²) < 4.78 is 30.7. The Labute approximate surface area is 170 Å². The highest BCUT2D eigenvalue weighted by Crippen LogP contribution is 2.38. The van der Waals surface area contributed by atoms with E-state index in [1.807, 2.05) is 66.8 Å². The molecule has 0 aromatic carbocycles. The number of carbonyl (C=O) groups excluding carboxylic acids is 1. The number of hydrogen-bond acceptors (Lipinski definition) is 5. The standard InChI is InChI=1S/C19H35N3O4SSi/c1-18(2,3)26-17(23)22(7)14-15-10-12-16(13-11-15)20-21-27(24,25)28(8,9)19(4,5)6/h10-12,21H,13-14H2,1-9H3. The maximum absolute atomic E-state index is 12.7. The minimum Gasteiger partial charge on any atom is -0.444 e. The van der Waals surface area contributed by atoms with Gasteiger partial charge in [0.15, 0.2) is 0 Å². The Morgan fingerprint density at radius 1 is 1.21 bits per heavy atom. The van der Waals surface area contributed by atoms with Crippen LogP contribution in [0.15, 0.2) is 28.9 Å². The summed E-state index contributed by atoms with van der Waals surface area (Å²) in [7, 11) is -4.45. The molecule has 1 aliphatic carbocycles. The Morgan fingerprint density at radius 2 is 1.79 bits per heavy atom. The zero-order chi connectivity index (χ0) is 22.0. The van der Waals surface area contributed by atoms with Gasteiger partial charge in [0.1, 0.15) is 5.60 Å². The van der Waals surface area contributed by atoms with Crippen molar-refractivity contribution in [3.63, 3.8) is 0 Å². The first kappa shape index (κ1) is 24.4. The second-order valence-corrected chi connectivity index (χ2v) is 20.0. The van der Waals surface area contributed by atoms with Crippen LogP contribution in [-0.2, 0) is 14.2 Å². The number of amides is 1. The van der Waals surface area contributed by atoms with Gasteiger partial charge in [0, 0.05) is 20.0 Å². The Hall–Kier alpha value is -1.61. The number of rotatable bonds is 5. The summed E-state index contributed by atoms with van der Waals surface area (Å²) in [5, 5.41) is 3.80. The van der Waals surface area contributed by atoms with Gasteiger partial charge in [0.2, 0.25) is 16.7 Å². The summed E-state index contributed by atoms with van der Waals surface area (Å²) in [6.45, 7) is 15.4. The first-order valence-electron chi connectivity index (χ1n) is 9.35. The predicted molar refractivity (Wildman–Crippen MR) is 117 cm³/mol. The van der Waals surface area contributed by atoms with Crippen molar-refractivity contribution in [2.75, 3.05) is 13.6 Å². The van der Waals surface area contributed by atoms with E-state index < -0.39 is 22.3 Å². The van der Waals surface area contributed by atoms with E-state index in [9.17, 15) is 13.2 Å². The van der Waals surface area contributed by atoms with Gasteiger partial charge in [-0.1, -0.05) is 46.0 Å². The molecule has 1 N–H and O–H groups in total. The molecule has 0 unspecified atom stereocenters. The predicted octanol–water partition coefficient (Wildman–Crippen LogP) is 4.02. The molecule has 0 atom stereocenters. The molecule has 1 aliphatic rings. The van der Waals surface area contributed by atoms with E-state index in [0.717, 1.165) is 5.57 Å². The Bertz CT molecular complexity index is 785. The molecule has 0 spiro atoms. The smallest absolute Gasteiger partial charge is 0.410 e. The molecule has 7 nitrogen and oxygen atoms in total. The quantitative estimate of drug-likeness (QED) is 0.528. The van der Waals surface area contributed by atoms with Crippen LogP contribution in [0.3, 0.4) is 0 Å². The van der Waals surface area contributed by atoms with Crippen molar-refractivity contribution in [2.45, 2.75) is 71.7 Å². The largest absolute Gasteiger partial charge is 0.444 e. The molecule has 0 fully saturated rings. The van der Waals surface area contributed by atoms with Gasteiger partial charge in [-0.05, 0) is 37.5 Å². The fourth-order valence-corrected chi connectivity index (χ4v) is 6.60. The van der Waals surface area contributed by atoms with Crippen molar-refractivity contribution >= 4 is 28.5 Å². The van der Waals surface area contributed by atoms with Crippen LogP contribution in [0.5, 0.6) is 0 Å². The molecule has 0 saturated carbocycles. The van der Waals surface area contributed by atoms with Crippen LogP contribution >= 0.6 is 0 Å². The van der Waals surface area contributed by atoms with Crippen molar-refractivity contribution in [2.24, 2.45) is 5.10 Å². The van der Waals surface area contributed by atoms with Crippen LogP contribution < -0.4 is 4.83 Å². The van der Waals surface area contributed by atoms with E-state index >= 15 is 0 Å². The number of allylic oxidation sites excluding steroid dienone is 2. The maximum atomic E-state index is 12.7. The molecule has 0 radical (unpaired) electrons. The van der Waals surface area contributed by atoms with Crippen molar-refractivity contribution < 1.29 is 17.9 Å². The highest BCUT2D eigenvalue weighted by Gasteiger charge is 2.48. The number of nitrogens with zero attached hydrogens (tertiary/aromatic N) is 2. The van der Waals surface area contributed by atoms with E-state index in [2.05, 4.69) is 9.93 Å². The van der Waals surface area contributed by atoms with Crippen molar-refractivity contribution in [1.29, 1.82) is 0 Å². The monoisotopic (exact) mass is 429 g/mol. The number of ether oxygens (including phenoxy) is 1. The summed E-state index contributed by atoms with van der Waals surface area (Å²) >= 11 is 0. The molecule has 160 valence electrons. The number of hydrazone groups is 1. The van der Waals surface area contributed by atoms with Gasteiger partial charge in [-0.15, -0.1) is 0 Å². The van der Waals surface area contributed by atoms with Crippen LogP contribution in [0.2, 0.25) is 18.1 Å². The lowest BCUT2D eigenvalue weighted by molar-refractivity contribution is 0.0314. The van der Waals surface area contributed by atoms with Gasteiger partial charge in [-0.2, -0.15) is 5.10 Å². The lowest BCUT2D eigenvalue weighted by atomic mass is 10.1. The molecule has 0 saturated heterocycles. The van der Waals surface area contributed by atoms with E-state index in [1.165, 1.54) is 4.90 Å². The number of carbonyl (C=O) groups is 1. The summed E-state index contributed by atoms with van der Waals surface area (Å²) in [5.41, 5.74) is 1.04. The molecular weight excluding hydrogens is 394 g/mol. The third kappa shape index (κ3) is 6.48. The highest BCUT2D eigenvalue weighted by molar-refractivity contribution is 8.20. The molecule has 0 aromatic heterocycles. The number of nitrogens with one attached hydrogen (secondary N) is 1. The normalized spacial score (nSPS) is 17.3. The van der Waals surface area contributed by atoms with Crippen LogP contribution in [0.4, 0.5) is 4.79 Å².